The Balaban J connectivity index is 1.66. The van der Waals surface area contributed by atoms with Gasteiger partial charge < -0.3 is 5.32 Å². The highest BCUT2D eigenvalue weighted by Crippen LogP contribution is 2.29. The molecule has 0 unspecified atom stereocenters. The second kappa shape index (κ2) is 7.32. The van der Waals surface area contributed by atoms with E-state index in [1.54, 1.807) is 0 Å². The molecule has 1 saturated carbocycles. The zero-order valence-electron chi connectivity index (χ0n) is 15.2. The van der Waals surface area contributed by atoms with Crippen molar-refractivity contribution in [3.05, 3.63) is 54.6 Å². The number of para-hydroxylation sites is 1. The summed E-state index contributed by atoms with van der Waals surface area (Å²) in [5.41, 5.74) is 3.00. The van der Waals surface area contributed by atoms with Gasteiger partial charge in [-0.2, -0.15) is 5.10 Å². The molecule has 2 aromatic carbocycles. The number of hydrogen-bond donors (Lipinski definition) is 1. The van der Waals surface area contributed by atoms with E-state index in [1.165, 1.54) is 19.3 Å². The summed E-state index contributed by atoms with van der Waals surface area (Å²) in [6.07, 6.45) is 5.89. The minimum Gasteiger partial charge on any atom is -0.352 e. The van der Waals surface area contributed by atoms with Crippen LogP contribution in [0.25, 0.3) is 22.2 Å². The van der Waals surface area contributed by atoms with Crippen molar-refractivity contribution in [2.45, 2.75) is 51.1 Å². The fourth-order valence-electron chi connectivity index (χ4n) is 3.87. The predicted octanol–water partition coefficient (Wildman–Crippen LogP) is 4.71. The lowest BCUT2D eigenvalue weighted by molar-refractivity contribution is -0.124. The standard InChI is InChI=1S/C22H25N3O/c1-16(22(26)23-18-12-6-3-7-13-18)25-20-15-9-8-14-19(20)21(24-25)17-10-4-2-5-11-17/h2,4-5,8-11,14-16,18H,3,6-7,12-13H2,1H3,(H,23,26)/t16-/m0/s1. The van der Waals surface area contributed by atoms with Gasteiger partial charge in [0.05, 0.1) is 5.52 Å². The molecule has 1 aliphatic rings. The molecule has 1 atom stereocenters. The lowest BCUT2D eigenvalue weighted by Gasteiger charge is -2.24. The Morgan fingerprint density at radius 3 is 2.50 bits per heavy atom. The molecule has 3 aromatic rings. The van der Waals surface area contributed by atoms with Crippen LogP contribution in [0.15, 0.2) is 54.6 Å². The molecule has 0 aliphatic heterocycles. The molecule has 0 saturated heterocycles. The Bertz CT molecular complexity index is 894. The number of nitrogens with one attached hydrogen (secondary N) is 1. The Hall–Kier alpha value is -2.62. The van der Waals surface area contributed by atoms with Gasteiger partial charge in [-0.25, -0.2) is 0 Å². The van der Waals surface area contributed by atoms with Crippen LogP contribution in [0.1, 0.15) is 45.1 Å². The lowest BCUT2D eigenvalue weighted by Crippen LogP contribution is -2.40. The van der Waals surface area contributed by atoms with E-state index in [9.17, 15) is 4.79 Å². The number of benzene rings is 2. The van der Waals surface area contributed by atoms with Crippen LogP contribution < -0.4 is 5.32 Å². The summed E-state index contributed by atoms with van der Waals surface area (Å²) in [6.45, 7) is 1.94. The second-order valence-electron chi connectivity index (χ2n) is 7.20. The van der Waals surface area contributed by atoms with Gasteiger partial charge in [-0.1, -0.05) is 67.8 Å². The van der Waals surface area contributed by atoms with Crippen LogP contribution in [-0.4, -0.2) is 21.7 Å². The number of rotatable bonds is 4. The summed E-state index contributed by atoms with van der Waals surface area (Å²) in [7, 11) is 0. The van der Waals surface area contributed by atoms with Crippen LogP contribution in [-0.2, 0) is 4.79 Å². The Morgan fingerprint density at radius 2 is 1.73 bits per heavy atom. The molecule has 134 valence electrons. The Kier molecular flexibility index (Phi) is 4.74. The minimum absolute atomic E-state index is 0.0600. The Labute approximate surface area is 154 Å². The van der Waals surface area contributed by atoms with E-state index in [4.69, 9.17) is 5.10 Å². The van der Waals surface area contributed by atoms with Gasteiger partial charge in [-0.15, -0.1) is 0 Å². The highest BCUT2D eigenvalue weighted by Gasteiger charge is 2.23. The zero-order chi connectivity index (χ0) is 17.9. The average Bonchev–Trinajstić information content (AvgIpc) is 3.08. The maximum absolute atomic E-state index is 12.8. The van der Waals surface area contributed by atoms with E-state index >= 15 is 0 Å². The number of hydrogen-bond acceptors (Lipinski definition) is 2. The minimum atomic E-state index is -0.334. The molecule has 1 heterocycles. The van der Waals surface area contributed by atoms with Crippen molar-refractivity contribution in [2.24, 2.45) is 0 Å². The quantitative estimate of drug-likeness (QED) is 0.743. The first-order valence-corrected chi connectivity index (χ1v) is 9.57. The molecule has 1 N–H and O–H groups in total. The van der Waals surface area contributed by atoms with Gasteiger partial charge in [0.25, 0.3) is 0 Å². The molecule has 0 radical (unpaired) electrons. The van der Waals surface area contributed by atoms with E-state index in [2.05, 4.69) is 23.5 Å². The second-order valence-corrected chi connectivity index (χ2v) is 7.20. The highest BCUT2D eigenvalue weighted by atomic mass is 16.2. The van der Waals surface area contributed by atoms with Gasteiger partial charge in [-0.3, -0.25) is 9.48 Å². The number of nitrogens with zero attached hydrogens (tertiary/aromatic N) is 2. The van der Waals surface area contributed by atoms with Gasteiger partial charge in [0.2, 0.25) is 5.91 Å². The van der Waals surface area contributed by atoms with Crippen LogP contribution in [0.5, 0.6) is 0 Å². The maximum Gasteiger partial charge on any atom is 0.244 e. The third kappa shape index (κ3) is 3.24. The number of fused-ring (bicyclic) bond motifs is 1. The summed E-state index contributed by atoms with van der Waals surface area (Å²) in [4.78, 5) is 12.8. The number of aromatic nitrogens is 2. The first-order chi connectivity index (χ1) is 12.7. The van der Waals surface area contributed by atoms with Gasteiger partial charge in [0.15, 0.2) is 0 Å². The molecule has 1 fully saturated rings. The molecule has 4 rings (SSSR count). The van der Waals surface area contributed by atoms with Crippen molar-refractivity contribution in [3.8, 4) is 11.3 Å². The van der Waals surface area contributed by atoms with Crippen LogP contribution >= 0.6 is 0 Å². The molecule has 1 aliphatic carbocycles. The summed E-state index contributed by atoms with van der Waals surface area (Å²) >= 11 is 0. The van der Waals surface area contributed by atoms with Crippen molar-refractivity contribution >= 4 is 16.8 Å². The third-order valence-electron chi connectivity index (χ3n) is 5.36. The highest BCUT2D eigenvalue weighted by molar-refractivity contribution is 5.94. The van der Waals surface area contributed by atoms with Crippen LogP contribution in [0.2, 0.25) is 0 Å². The number of carbonyl (C=O) groups is 1. The molecule has 4 nitrogen and oxygen atoms in total. The monoisotopic (exact) mass is 347 g/mol. The smallest absolute Gasteiger partial charge is 0.244 e. The van der Waals surface area contributed by atoms with E-state index in [0.29, 0.717) is 6.04 Å². The first kappa shape index (κ1) is 16.8. The molecule has 0 bridgehead atoms. The van der Waals surface area contributed by atoms with Gasteiger partial charge in [0.1, 0.15) is 11.7 Å². The summed E-state index contributed by atoms with van der Waals surface area (Å²) in [5.74, 6) is 0.0600. The number of amides is 1. The number of carbonyl (C=O) groups excluding carboxylic acids is 1. The third-order valence-corrected chi connectivity index (χ3v) is 5.36. The van der Waals surface area contributed by atoms with E-state index in [1.807, 2.05) is 48.0 Å². The van der Waals surface area contributed by atoms with Crippen molar-refractivity contribution < 1.29 is 4.79 Å². The SMILES string of the molecule is C[C@@H](C(=O)NC1CCCCC1)n1nc(-c2ccccc2)c2ccccc21. The largest absolute Gasteiger partial charge is 0.352 e. The fourth-order valence-corrected chi connectivity index (χ4v) is 3.87. The summed E-state index contributed by atoms with van der Waals surface area (Å²) in [6, 6.07) is 18.3. The molecule has 1 aromatic heterocycles. The van der Waals surface area contributed by atoms with Gasteiger partial charge >= 0.3 is 0 Å². The summed E-state index contributed by atoms with van der Waals surface area (Å²) < 4.78 is 1.87. The molecule has 1 amide bonds. The molecule has 4 heteroatoms. The van der Waals surface area contributed by atoms with E-state index < -0.39 is 0 Å². The maximum atomic E-state index is 12.8. The van der Waals surface area contributed by atoms with Gasteiger partial charge in [-0.05, 0) is 25.8 Å². The van der Waals surface area contributed by atoms with Crippen molar-refractivity contribution in [3.63, 3.8) is 0 Å². The molecule has 0 spiro atoms. The van der Waals surface area contributed by atoms with Crippen LogP contribution in [0.3, 0.4) is 0 Å². The predicted molar refractivity (Wildman–Crippen MR) is 105 cm³/mol. The van der Waals surface area contributed by atoms with Crippen molar-refractivity contribution in [1.29, 1.82) is 0 Å². The van der Waals surface area contributed by atoms with Crippen LogP contribution in [0.4, 0.5) is 0 Å². The van der Waals surface area contributed by atoms with Gasteiger partial charge in [0, 0.05) is 17.0 Å². The van der Waals surface area contributed by atoms with E-state index in [-0.39, 0.29) is 11.9 Å². The molecule has 26 heavy (non-hydrogen) atoms. The average molecular weight is 347 g/mol. The molecular formula is C22H25N3O. The zero-order valence-corrected chi connectivity index (χ0v) is 15.2. The molecular weight excluding hydrogens is 322 g/mol. The van der Waals surface area contributed by atoms with Crippen molar-refractivity contribution in [1.82, 2.24) is 15.1 Å². The lowest BCUT2D eigenvalue weighted by atomic mass is 9.95. The summed E-state index contributed by atoms with van der Waals surface area (Å²) in [5, 5.41) is 9.14. The first-order valence-electron chi connectivity index (χ1n) is 9.57. The Morgan fingerprint density at radius 1 is 1.04 bits per heavy atom. The van der Waals surface area contributed by atoms with Crippen molar-refractivity contribution in [2.75, 3.05) is 0 Å². The fraction of sp³-hybridized carbons (Fsp3) is 0.364. The van der Waals surface area contributed by atoms with E-state index in [0.717, 1.165) is 35.0 Å². The van der Waals surface area contributed by atoms with Crippen LogP contribution in [0, 0.1) is 0 Å². The topological polar surface area (TPSA) is 46.9 Å². The normalized spacial score (nSPS) is 16.5.